The topological polar surface area (TPSA) is 59.2 Å². The molecule has 1 amide bonds. The van der Waals surface area contributed by atoms with Crippen molar-refractivity contribution < 1.29 is 13.7 Å². The van der Waals surface area contributed by atoms with E-state index in [1.807, 2.05) is 24.3 Å². The number of aromatic nitrogens is 2. The van der Waals surface area contributed by atoms with E-state index in [9.17, 15) is 9.18 Å². The molecule has 0 N–H and O–H groups in total. The van der Waals surface area contributed by atoms with Crippen LogP contribution in [0.5, 0.6) is 0 Å². The molecule has 2 heterocycles. The Labute approximate surface area is 164 Å². The molecule has 1 unspecified atom stereocenters. The minimum Gasteiger partial charge on any atom is -0.339 e. The maximum absolute atomic E-state index is 13.9. The van der Waals surface area contributed by atoms with Crippen molar-refractivity contribution in [2.24, 2.45) is 0 Å². The van der Waals surface area contributed by atoms with E-state index in [1.165, 1.54) is 12.1 Å². The number of amides is 1. The van der Waals surface area contributed by atoms with Gasteiger partial charge in [0, 0.05) is 23.1 Å². The first kappa shape index (κ1) is 17.9. The minimum atomic E-state index is -0.500. The molecule has 1 atom stereocenters. The normalized spacial score (nSPS) is 17.1. The molecule has 1 aromatic heterocycles. The second kappa shape index (κ2) is 7.60. The Bertz CT molecular complexity index is 958. The number of hydrogen-bond donors (Lipinski definition) is 0. The highest BCUT2D eigenvalue weighted by Crippen LogP contribution is 2.29. The summed E-state index contributed by atoms with van der Waals surface area (Å²) in [6, 6.07) is 13.7. The highest BCUT2D eigenvalue weighted by molar-refractivity contribution is 9.10. The molecule has 0 saturated carbocycles. The van der Waals surface area contributed by atoms with Crippen molar-refractivity contribution in [2.45, 2.75) is 18.8 Å². The lowest BCUT2D eigenvalue weighted by Gasteiger charge is -2.31. The fourth-order valence-corrected chi connectivity index (χ4v) is 3.55. The van der Waals surface area contributed by atoms with Crippen LogP contribution in [0.3, 0.4) is 0 Å². The molecule has 3 aromatic rings. The summed E-state index contributed by atoms with van der Waals surface area (Å²) in [7, 11) is 0. The number of hydrogen-bond acceptors (Lipinski definition) is 4. The Morgan fingerprint density at radius 2 is 1.96 bits per heavy atom. The Kier molecular flexibility index (Phi) is 5.03. The number of carbonyl (C=O) groups excluding carboxylic acids is 1. The highest BCUT2D eigenvalue weighted by Gasteiger charge is 2.30. The van der Waals surface area contributed by atoms with Gasteiger partial charge in [-0.3, -0.25) is 4.79 Å². The van der Waals surface area contributed by atoms with Gasteiger partial charge in [0.1, 0.15) is 5.82 Å². The zero-order valence-electron chi connectivity index (χ0n) is 14.4. The molecule has 1 fully saturated rings. The maximum atomic E-state index is 13.9. The standard InChI is InChI=1S/C20H17BrFN3O2/c21-15-9-7-13(8-10-15)18-23-19(27-24-18)14-4-3-11-25(12-14)20(26)16-5-1-2-6-17(16)22/h1-2,5-10,14H,3-4,11-12H2. The van der Waals surface area contributed by atoms with Crippen molar-refractivity contribution in [2.75, 3.05) is 13.1 Å². The molecule has 0 radical (unpaired) electrons. The summed E-state index contributed by atoms with van der Waals surface area (Å²) in [5.41, 5.74) is 0.961. The molecule has 0 spiro atoms. The molecule has 5 nitrogen and oxygen atoms in total. The first-order chi connectivity index (χ1) is 13.1. The van der Waals surface area contributed by atoms with Gasteiger partial charge >= 0.3 is 0 Å². The maximum Gasteiger partial charge on any atom is 0.256 e. The van der Waals surface area contributed by atoms with Crippen molar-refractivity contribution in [1.82, 2.24) is 15.0 Å². The second-order valence-corrected chi connectivity index (χ2v) is 7.45. The third kappa shape index (κ3) is 3.78. The average molecular weight is 430 g/mol. The van der Waals surface area contributed by atoms with Gasteiger partial charge < -0.3 is 9.42 Å². The summed E-state index contributed by atoms with van der Waals surface area (Å²) < 4.78 is 20.4. The van der Waals surface area contributed by atoms with E-state index in [-0.39, 0.29) is 17.4 Å². The van der Waals surface area contributed by atoms with Crippen molar-refractivity contribution >= 4 is 21.8 Å². The van der Waals surface area contributed by atoms with Crippen LogP contribution < -0.4 is 0 Å². The molecule has 1 aliphatic heterocycles. The zero-order chi connectivity index (χ0) is 18.8. The SMILES string of the molecule is O=C(c1ccccc1F)N1CCCC(c2nc(-c3ccc(Br)cc3)no2)C1. The summed E-state index contributed by atoms with van der Waals surface area (Å²) in [4.78, 5) is 18.8. The highest BCUT2D eigenvalue weighted by atomic mass is 79.9. The third-order valence-corrected chi connectivity index (χ3v) is 5.23. The molecular formula is C20H17BrFN3O2. The van der Waals surface area contributed by atoms with Crippen LogP contribution in [-0.2, 0) is 0 Å². The van der Waals surface area contributed by atoms with E-state index >= 15 is 0 Å². The van der Waals surface area contributed by atoms with E-state index in [4.69, 9.17) is 4.52 Å². The smallest absolute Gasteiger partial charge is 0.256 e. The number of nitrogens with zero attached hydrogens (tertiary/aromatic N) is 3. The number of benzene rings is 2. The molecular weight excluding hydrogens is 413 g/mol. The first-order valence-corrected chi connectivity index (χ1v) is 9.54. The van der Waals surface area contributed by atoms with Crippen LogP contribution in [0.15, 0.2) is 57.5 Å². The lowest BCUT2D eigenvalue weighted by atomic mass is 9.97. The minimum absolute atomic E-state index is 0.0498. The average Bonchev–Trinajstić information content (AvgIpc) is 3.19. The summed E-state index contributed by atoms with van der Waals surface area (Å²) in [6.45, 7) is 1.03. The van der Waals surface area contributed by atoms with Crippen molar-refractivity contribution in [3.63, 3.8) is 0 Å². The van der Waals surface area contributed by atoms with Crippen LogP contribution in [0.25, 0.3) is 11.4 Å². The van der Waals surface area contributed by atoms with Gasteiger partial charge in [-0.15, -0.1) is 0 Å². The Hall–Kier alpha value is -2.54. The predicted octanol–water partition coefficient (Wildman–Crippen LogP) is 4.66. The number of piperidine rings is 1. The molecule has 7 heteroatoms. The van der Waals surface area contributed by atoms with Crippen LogP contribution in [0, 0.1) is 5.82 Å². The summed E-state index contributed by atoms with van der Waals surface area (Å²) >= 11 is 3.40. The molecule has 0 aliphatic carbocycles. The summed E-state index contributed by atoms with van der Waals surface area (Å²) in [6.07, 6.45) is 1.66. The molecule has 2 aromatic carbocycles. The van der Waals surface area contributed by atoms with Gasteiger partial charge in [-0.2, -0.15) is 4.98 Å². The van der Waals surface area contributed by atoms with Crippen LogP contribution in [0.2, 0.25) is 0 Å². The summed E-state index contributed by atoms with van der Waals surface area (Å²) in [5, 5.41) is 4.07. The second-order valence-electron chi connectivity index (χ2n) is 6.53. The van der Waals surface area contributed by atoms with Crippen LogP contribution in [0.4, 0.5) is 4.39 Å². The first-order valence-electron chi connectivity index (χ1n) is 8.75. The number of halogens is 2. The van der Waals surface area contributed by atoms with Gasteiger partial charge in [0.2, 0.25) is 11.7 Å². The van der Waals surface area contributed by atoms with E-state index < -0.39 is 5.82 Å². The molecule has 1 saturated heterocycles. The molecule has 27 heavy (non-hydrogen) atoms. The van der Waals surface area contributed by atoms with Crippen LogP contribution >= 0.6 is 15.9 Å². The van der Waals surface area contributed by atoms with Crippen LogP contribution in [0.1, 0.15) is 35.0 Å². The fourth-order valence-electron chi connectivity index (χ4n) is 3.29. The third-order valence-electron chi connectivity index (χ3n) is 4.71. The van der Waals surface area contributed by atoms with Gasteiger partial charge in [-0.25, -0.2) is 4.39 Å². The number of likely N-dealkylation sites (tertiary alicyclic amines) is 1. The van der Waals surface area contributed by atoms with E-state index in [0.29, 0.717) is 24.8 Å². The van der Waals surface area contributed by atoms with E-state index in [2.05, 4.69) is 26.1 Å². The van der Waals surface area contributed by atoms with E-state index in [0.717, 1.165) is 22.9 Å². The fraction of sp³-hybridized carbons (Fsp3) is 0.250. The molecule has 1 aliphatic rings. The quantitative estimate of drug-likeness (QED) is 0.607. The van der Waals surface area contributed by atoms with Gasteiger partial charge in [-0.1, -0.05) is 33.2 Å². The number of rotatable bonds is 3. The molecule has 0 bridgehead atoms. The molecule has 4 rings (SSSR count). The largest absolute Gasteiger partial charge is 0.339 e. The van der Waals surface area contributed by atoms with E-state index in [1.54, 1.807) is 17.0 Å². The summed E-state index contributed by atoms with van der Waals surface area (Å²) in [5.74, 6) is 0.186. The van der Waals surface area contributed by atoms with Gasteiger partial charge in [0.05, 0.1) is 11.5 Å². The number of carbonyl (C=O) groups is 1. The monoisotopic (exact) mass is 429 g/mol. The molecule has 138 valence electrons. The Balaban J connectivity index is 1.51. The van der Waals surface area contributed by atoms with Crippen molar-refractivity contribution in [1.29, 1.82) is 0 Å². The Morgan fingerprint density at radius 3 is 2.74 bits per heavy atom. The predicted molar refractivity (Wildman–Crippen MR) is 102 cm³/mol. The van der Waals surface area contributed by atoms with Crippen molar-refractivity contribution in [3.8, 4) is 11.4 Å². The lowest BCUT2D eigenvalue weighted by Crippen LogP contribution is -2.39. The van der Waals surface area contributed by atoms with Crippen LogP contribution in [-0.4, -0.2) is 34.0 Å². The van der Waals surface area contributed by atoms with Gasteiger partial charge in [-0.05, 0) is 49.2 Å². The van der Waals surface area contributed by atoms with Gasteiger partial charge in [0.15, 0.2) is 0 Å². The van der Waals surface area contributed by atoms with Gasteiger partial charge in [0.25, 0.3) is 5.91 Å². The lowest BCUT2D eigenvalue weighted by molar-refractivity contribution is 0.0691. The Morgan fingerprint density at radius 1 is 1.19 bits per heavy atom. The van der Waals surface area contributed by atoms with Crippen molar-refractivity contribution in [3.05, 3.63) is 70.3 Å². The zero-order valence-corrected chi connectivity index (χ0v) is 16.0.